The van der Waals surface area contributed by atoms with E-state index in [2.05, 4.69) is 26.1 Å². The van der Waals surface area contributed by atoms with Crippen LogP contribution < -0.4 is 5.32 Å². The van der Waals surface area contributed by atoms with E-state index in [9.17, 15) is 5.21 Å². The number of rotatable bonds is 1. The lowest BCUT2D eigenvalue weighted by Crippen LogP contribution is -2.49. The van der Waals surface area contributed by atoms with Gasteiger partial charge in [0.2, 0.25) is 6.17 Å². The lowest BCUT2D eigenvalue weighted by molar-refractivity contribution is -0.501. The van der Waals surface area contributed by atoms with Gasteiger partial charge in [-0.15, -0.1) is 0 Å². The highest BCUT2D eigenvalue weighted by atomic mass is 16.5. The molecule has 2 saturated carbocycles. The summed E-state index contributed by atoms with van der Waals surface area (Å²) in [6, 6.07) is 0. The van der Waals surface area contributed by atoms with E-state index < -0.39 is 0 Å². The van der Waals surface area contributed by atoms with E-state index in [1.807, 2.05) is 0 Å². The monoisotopic (exact) mass is 208 g/mol. The Hall–Kier alpha value is -0.570. The van der Waals surface area contributed by atoms with Crippen LogP contribution in [0.3, 0.4) is 0 Å². The predicted octanol–water partition coefficient (Wildman–Crippen LogP) is 1.57. The molecule has 1 aliphatic heterocycles. The molecular formula is C12H20N2O. The van der Waals surface area contributed by atoms with Gasteiger partial charge in [-0.2, -0.15) is 4.74 Å². The van der Waals surface area contributed by atoms with Crippen LogP contribution in [-0.2, 0) is 0 Å². The fraction of sp³-hybridized carbons (Fsp3) is 0.917. The first kappa shape index (κ1) is 9.64. The normalized spacial score (nSPS) is 51.4. The second-order valence-electron chi connectivity index (χ2n) is 6.19. The summed E-state index contributed by atoms with van der Waals surface area (Å²) < 4.78 is 1.14. The Kier molecular flexibility index (Phi) is 1.65. The third kappa shape index (κ3) is 0.975. The molecule has 1 spiro atoms. The first-order chi connectivity index (χ1) is 6.99. The summed E-state index contributed by atoms with van der Waals surface area (Å²) in [7, 11) is 0. The predicted molar refractivity (Wildman–Crippen MR) is 59.6 cm³/mol. The molecule has 0 aromatic rings. The van der Waals surface area contributed by atoms with Crippen molar-refractivity contribution in [2.45, 2.75) is 39.8 Å². The molecule has 4 unspecified atom stereocenters. The molecule has 2 aliphatic carbocycles. The molecule has 3 heteroatoms. The molecule has 0 aromatic heterocycles. The third-order valence-electron chi connectivity index (χ3n) is 5.57. The maximum atomic E-state index is 11.6. The Morgan fingerprint density at radius 2 is 2.13 bits per heavy atom. The standard InChI is InChI=1S/C12H20N2O/c1-8-6-12(11(8,2)3)7-9(12)10-13-4-5-14(10)15/h5,8-10,13H,4,6-7H2,1-3H3. The van der Waals surface area contributed by atoms with Crippen molar-refractivity contribution in [1.29, 1.82) is 0 Å². The van der Waals surface area contributed by atoms with Crippen molar-refractivity contribution >= 4 is 6.21 Å². The second kappa shape index (κ2) is 2.57. The van der Waals surface area contributed by atoms with Gasteiger partial charge in [-0.25, -0.2) is 5.32 Å². The van der Waals surface area contributed by atoms with Crippen LogP contribution in [0.15, 0.2) is 0 Å². The van der Waals surface area contributed by atoms with Gasteiger partial charge in [0.25, 0.3) is 0 Å². The summed E-state index contributed by atoms with van der Waals surface area (Å²) in [6.07, 6.45) is 4.36. The minimum Gasteiger partial charge on any atom is -0.623 e. The van der Waals surface area contributed by atoms with Gasteiger partial charge in [-0.1, -0.05) is 20.8 Å². The minimum atomic E-state index is 0.0665. The molecule has 0 aromatic carbocycles. The first-order valence-corrected chi connectivity index (χ1v) is 6.01. The van der Waals surface area contributed by atoms with E-state index in [1.54, 1.807) is 6.21 Å². The molecule has 3 nitrogen and oxygen atoms in total. The van der Waals surface area contributed by atoms with Crippen LogP contribution in [0, 0.1) is 27.9 Å². The molecule has 3 rings (SSSR count). The smallest absolute Gasteiger partial charge is 0.220 e. The second-order valence-corrected chi connectivity index (χ2v) is 6.19. The lowest BCUT2D eigenvalue weighted by atomic mass is 9.51. The lowest BCUT2D eigenvalue weighted by Gasteiger charge is -2.53. The molecule has 4 atom stereocenters. The molecule has 2 fully saturated rings. The van der Waals surface area contributed by atoms with E-state index in [4.69, 9.17) is 0 Å². The van der Waals surface area contributed by atoms with Gasteiger partial charge in [0.05, 0.1) is 6.54 Å². The zero-order valence-electron chi connectivity index (χ0n) is 9.79. The Bertz CT molecular complexity index is 337. The van der Waals surface area contributed by atoms with Crippen molar-refractivity contribution in [3.63, 3.8) is 0 Å². The van der Waals surface area contributed by atoms with Crippen LogP contribution in [0.1, 0.15) is 33.6 Å². The van der Waals surface area contributed by atoms with Crippen LogP contribution in [0.5, 0.6) is 0 Å². The summed E-state index contributed by atoms with van der Waals surface area (Å²) in [4.78, 5) is 0. The molecular weight excluding hydrogens is 188 g/mol. The molecule has 15 heavy (non-hydrogen) atoms. The maximum Gasteiger partial charge on any atom is 0.220 e. The van der Waals surface area contributed by atoms with Crippen molar-refractivity contribution in [2.75, 3.05) is 6.54 Å². The topological polar surface area (TPSA) is 38.1 Å². The zero-order chi connectivity index (χ0) is 10.8. The van der Waals surface area contributed by atoms with Gasteiger partial charge in [0, 0.05) is 5.92 Å². The van der Waals surface area contributed by atoms with Gasteiger partial charge in [-0.05, 0) is 29.6 Å². The van der Waals surface area contributed by atoms with E-state index in [0.717, 1.165) is 17.2 Å². The maximum absolute atomic E-state index is 11.6. The van der Waals surface area contributed by atoms with Crippen molar-refractivity contribution < 1.29 is 4.74 Å². The molecule has 3 aliphatic rings. The van der Waals surface area contributed by atoms with Crippen molar-refractivity contribution in [1.82, 2.24) is 5.32 Å². The highest BCUT2D eigenvalue weighted by Crippen LogP contribution is 2.77. The summed E-state index contributed by atoms with van der Waals surface area (Å²) in [5.41, 5.74) is 0.910. The van der Waals surface area contributed by atoms with E-state index in [-0.39, 0.29) is 6.17 Å². The van der Waals surface area contributed by atoms with Crippen molar-refractivity contribution in [2.24, 2.45) is 22.7 Å². The molecule has 0 radical (unpaired) electrons. The van der Waals surface area contributed by atoms with Crippen LogP contribution in [0.4, 0.5) is 0 Å². The Balaban J connectivity index is 1.77. The highest BCUT2D eigenvalue weighted by molar-refractivity contribution is 5.55. The van der Waals surface area contributed by atoms with Crippen LogP contribution in [0.2, 0.25) is 0 Å². The largest absolute Gasteiger partial charge is 0.623 e. The van der Waals surface area contributed by atoms with Gasteiger partial charge < -0.3 is 5.21 Å². The van der Waals surface area contributed by atoms with Crippen molar-refractivity contribution in [3.05, 3.63) is 5.21 Å². The molecule has 1 heterocycles. The Morgan fingerprint density at radius 3 is 2.60 bits per heavy atom. The van der Waals surface area contributed by atoms with E-state index >= 15 is 0 Å². The number of hydrogen-bond acceptors (Lipinski definition) is 2. The van der Waals surface area contributed by atoms with Gasteiger partial charge in [0.1, 0.15) is 0 Å². The Morgan fingerprint density at radius 1 is 1.40 bits per heavy atom. The SMILES string of the molecule is CC1CC2(CC2C2NCC=[N+]2[O-])C1(C)C. The number of nitrogens with zero attached hydrogens (tertiary/aromatic N) is 1. The van der Waals surface area contributed by atoms with E-state index in [0.29, 0.717) is 16.7 Å². The highest BCUT2D eigenvalue weighted by Gasteiger charge is 2.74. The minimum absolute atomic E-state index is 0.0665. The molecule has 1 N–H and O–H groups in total. The molecule has 0 amide bonds. The summed E-state index contributed by atoms with van der Waals surface area (Å²) >= 11 is 0. The summed E-state index contributed by atoms with van der Waals surface area (Å²) in [6.45, 7) is 7.82. The van der Waals surface area contributed by atoms with Gasteiger partial charge >= 0.3 is 0 Å². The van der Waals surface area contributed by atoms with Gasteiger partial charge in [0.15, 0.2) is 6.21 Å². The van der Waals surface area contributed by atoms with Crippen molar-refractivity contribution in [3.8, 4) is 0 Å². The number of hydroxylamine groups is 1. The van der Waals surface area contributed by atoms with Crippen LogP contribution in [-0.4, -0.2) is 23.7 Å². The zero-order valence-corrected chi connectivity index (χ0v) is 9.79. The quantitative estimate of drug-likeness (QED) is 0.524. The van der Waals surface area contributed by atoms with Gasteiger partial charge in [-0.3, -0.25) is 0 Å². The molecule has 0 saturated heterocycles. The average molecular weight is 208 g/mol. The number of hydrogen-bond donors (Lipinski definition) is 1. The fourth-order valence-electron chi connectivity index (χ4n) is 3.93. The average Bonchev–Trinajstić information content (AvgIpc) is 2.77. The summed E-state index contributed by atoms with van der Waals surface area (Å²) in [5, 5.41) is 14.9. The fourth-order valence-corrected chi connectivity index (χ4v) is 3.93. The summed E-state index contributed by atoms with van der Waals surface area (Å²) in [5.74, 6) is 1.40. The third-order valence-corrected chi connectivity index (χ3v) is 5.57. The number of nitrogens with one attached hydrogen (secondary N) is 1. The van der Waals surface area contributed by atoms with Crippen LogP contribution >= 0.6 is 0 Å². The Labute approximate surface area is 91.1 Å². The van der Waals surface area contributed by atoms with Crippen LogP contribution in [0.25, 0.3) is 0 Å². The molecule has 0 bridgehead atoms. The first-order valence-electron chi connectivity index (χ1n) is 6.01. The molecule has 84 valence electrons. The van der Waals surface area contributed by atoms with E-state index in [1.165, 1.54) is 12.8 Å².